The second-order valence-electron chi connectivity index (χ2n) is 8.40. The number of piperidine rings is 1. The summed E-state index contributed by atoms with van der Waals surface area (Å²) in [6, 6.07) is 17.0. The number of amides is 1. The normalized spacial score (nSPS) is 18.7. The van der Waals surface area contributed by atoms with Gasteiger partial charge >= 0.3 is 5.97 Å². The predicted octanol–water partition coefficient (Wildman–Crippen LogP) is 5.33. The molecule has 160 valence electrons. The third kappa shape index (κ3) is 4.96. The Balaban J connectivity index is 1.57. The monoisotopic (exact) mass is 480 g/mol. The first-order valence-corrected chi connectivity index (χ1v) is 11.3. The molecule has 0 bridgehead atoms. The number of halogens is 1. The van der Waals surface area contributed by atoms with Crippen LogP contribution in [0.4, 0.5) is 0 Å². The summed E-state index contributed by atoms with van der Waals surface area (Å²) in [5, 5.41) is 0.709. The van der Waals surface area contributed by atoms with Crippen LogP contribution in [0, 0.1) is 11.8 Å². The van der Waals surface area contributed by atoms with Gasteiger partial charge in [0.2, 0.25) is 0 Å². The number of likely N-dealkylation sites (tertiary alicyclic amines) is 1. The van der Waals surface area contributed by atoms with Crippen molar-refractivity contribution in [3.8, 4) is 11.3 Å². The number of hydrogen-bond acceptors (Lipinski definition) is 4. The molecule has 1 aliphatic rings. The number of fused-ring (bicyclic) bond motifs is 1. The highest BCUT2D eigenvalue weighted by molar-refractivity contribution is 9.10. The maximum absolute atomic E-state index is 13.0. The van der Waals surface area contributed by atoms with Gasteiger partial charge in [0.15, 0.2) is 6.61 Å². The fourth-order valence-corrected chi connectivity index (χ4v) is 4.54. The van der Waals surface area contributed by atoms with E-state index in [-0.39, 0.29) is 12.5 Å². The zero-order valence-corrected chi connectivity index (χ0v) is 19.3. The van der Waals surface area contributed by atoms with Crippen molar-refractivity contribution in [2.24, 2.45) is 11.8 Å². The molecule has 31 heavy (non-hydrogen) atoms. The number of nitrogens with zero attached hydrogens (tertiary/aromatic N) is 2. The van der Waals surface area contributed by atoms with Crippen molar-refractivity contribution in [3.63, 3.8) is 0 Å². The van der Waals surface area contributed by atoms with Gasteiger partial charge in [-0.3, -0.25) is 4.79 Å². The third-order valence-electron chi connectivity index (χ3n) is 5.62. The molecule has 1 aromatic heterocycles. The molecule has 5 nitrogen and oxygen atoms in total. The molecule has 0 spiro atoms. The molecule has 4 rings (SSSR count). The Hall–Kier alpha value is -2.73. The Morgan fingerprint density at radius 3 is 2.45 bits per heavy atom. The first kappa shape index (κ1) is 21.5. The molecule has 0 saturated carbocycles. The summed E-state index contributed by atoms with van der Waals surface area (Å²) in [5.41, 5.74) is 2.70. The lowest BCUT2D eigenvalue weighted by Gasteiger charge is -2.34. The van der Waals surface area contributed by atoms with Crippen LogP contribution in [0.25, 0.3) is 22.2 Å². The number of rotatable bonds is 4. The standard InChI is InChI=1S/C25H25BrN2O3/c1-16-11-17(2)14-28(13-16)24(29)15-31-25(30)21-12-23(18-7-9-19(26)10-8-18)27-22-6-4-3-5-20(21)22/h3-10,12,16-17H,11,13-15H2,1-2H3. The number of ether oxygens (including phenoxy) is 1. The van der Waals surface area contributed by atoms with Gasteiger partial charge < -0.3 is 9.64 Å². The number of esters is 1. The molecule has 0 N–H and O–H groups in total. The van der Waals surface area contributed by atoms with Crippen molar-refractivity contribution in [2.45, 2.75) is 20.3 Å². The molecular formula is C25H25BrN2O3. The molecule has 0 aliphatic carbocycles. The summed E-state index contributed by atoms with van der Waals surface area (Å²) in [7, 11) is 0. The van der Waals surface area contributed by atoms with Gasteiger partial charge in [-0.05, 0) is 42.5 Å². The molecule has 2 atom stereocenters. The molecule has 2 aromatic carbocycles. The topological polar surface area (TPSA) is 59.5 Å². The summed E-state index contributed by atoms with van der Waals surface area (Å²) < 4.78 is 6.44. The van der Waals surface area contributed by atoms with Gasteiger partial charge in [0, 0.05) is 28.5 Å². The van der Waals surface area contributed by atoms with Crippen LogP contribution in [0.5, 0.6) is 0 Å². The van der Waals surface area contributed by atoms with E-state index in [9.17, 15) is 9.59 Å². The highest BCUT2D eigenvalue weighted by Crippen LogP contribution is 2.27. The lowest BCUT2D eigenvalue weighted by atomic mass is 9.92. The molecule has 2 heterocycles. The van der Waals surface area contributed by atoms with Crippen LogP contribution < -0.4 is 0 Å². The average Bonchev–Trinajstić information content (AvgIpc) is 2.76. The zero-order chi connectivity index (χ0) is 22.0. The Morgan fingerprint density at radius 2 is 1.74 bits per heavy atom. The average molecular weight is 481 g/mol. The van der Waals surface area contributed by atoms with Gasteiger partial charge in [0.05, 0.1) is 16.8 Å². The highest BCUT2D eigenvalue weighted by Gasteiger charge is 2.26. The van der Waals surface area contributed by atoms with Gasteiger partial charge in [0.25, 0.3) is 5.91 Å². The van der Waals surface area contributed by atoms with Crippen LogP contribution in [0.3, 0.4) is 0 Å². The predicted molar refractivity (Wildman–Crippen MR) is 125 cm³/mol. The summed E-state index contributed by atoms with van der Waals surface area (Å²) in [4.78, 5) is 32.1. The van der Waals surface area contributed by atoms with Crippen LogP contribution in [0.1, 0.15) is 30.6 Å². The Morgan fingerprint density at radius 1 is 1.06 bits per heavy atom. The smallest absolute Gasteiger partial charge is 0.339 e. The molecule has 3 aromatic rings. The van der Waals surface area contributed by atoms with Crippen molar-refractivity contribution in [3.05, 3.63) is 64.6 Å². The number of carbonyl (C=O) groups is 2. The zero-order valence-electron chi connectivity index (χ0n) is 17.7. The van der Waals surface area contributed by atoms with Crippen molar-refractivity contribution >= 4 is 38.7 Å². The number of pyridine rings is 1. The lowest BCUT2D eigenvalue weighted by Crippen LogP contribution is -2.44. The molecule has 1 saturated heterocycles. The van der Waals surface area contributed by atoms with Crippen LogP contribution >= 0.6 is 15.9 Å². The summed E-state index contributed by atoms with van der Waals surface area (Å²) in [5.74, 6) is 0.267. The van der Waals surface area contributed by atoms with Crippen molar-refractivity contribution < 1.29 is 14.3 Å². The fraction of sp³-hybridized carbons (Fsp3) is 0.320. The SMILES string of the molecule is CC1CC(C)CN(C(=O)COC(=O)c2cc(-c3ccc(Br)cc3)nc3ccccc23)C1. The Labute approximate surface area is 190 Å². The van der Waals surface area contributed by atoms with E-state index < -0.39 is 5.97 Å². The van der Waals surface area contributed by atoms with Gasteiger partial charge in [-0.1, -0.05) is 60.1 Å². The van der Waals surface area contributed by atoms with Gasteiger partial charge in [-0.25, -0.2) is 9.78 Å². The van der Waals surface area contributed by atoms with E-state index in [1.54, 1.807) is 6.07 Å². The quantitative estimate of drug-likeness (QED) is 0.473. The molecule has 1 aliphatic heterocycles. The maximum Gasteiger partial charge on any atom is 0.339 e. The summed E-state index contributed by atoms with van der Waals surface area (Å²) in [6.07, 6.45) is 1.12. The van der Waals surface area contributed by atoms with Gasteiger partial charge in [0.1, 0.15) is 0 Å². The van der Waals surface area contributed by atoms with Crippen molar-refractivity contribution in [1.82, 2.24) is 9.88 Å². The van der Waals surface area contributed by atoms with E-state index in [4.69, 9.17) is 9.72 Å². The van der Waals surface area contributed by atoms with E-state index in [0.717, 1.165) is 16.5 Å². The maximum atomic E-state index is 13.0. The van der Waals surface area contributed by atoms with Gasteiger partial charge in [-0.15, -0.1) is 0 Å². The highest BCUT2D eigenvalue weighted by atomic mass is 79.9. The number of carbonyl (C=O) groups excluding carboxylic acids is 2. The summed E-state index contributed by atoms with van der Waals surface area (Å²) in [6.45, 7) is 5.48. The fourth-order valence-electron chi connectivity index (χ4n) is 4.28. The van der Waals surface area contributed by atoms with Crippen LogP contribution in [0.2, 0.25) is 0 Å². The van der Waals surface area contributed by atoms with Crippen LogP contribution in [-0.4, -0.2) is 41.5 Å². The minimum absolute atomic E-state index is 0.141. The first-order valence-electron chi connectivity index (χ1n) is 10.5. The lowest BCUT2D eigenvalue weighted by molar-refractivity contribution is -0.137. The minimum Gasteiger partial charge on any atom is -0.452 e. The van der Waals surface area contributed by atoms with E-state index >= 15 is 0 Å². The molecule has 1 fully saturated rings. The molecule has 6 heteroatoms. The van der Waals surface area contributed by atoms with E-state index in [0.29, 0.717) is 47.1 Å². The number of aromatic nitrogens is 1. The Kier molecular flexibility index (Phi) is 6.37. The first-order chi connectivity index (χ1) is 14.9. The largest absolute Gasteiger partial charge is 0.452 e. The summed E-state index contributed by atoms with van der Waals surface area (Å²) >= 11 is 3.44. The van der Waals surface area contributed by atoms with E-state index in [1.807, 2.05) is 53.4 Å². The third-order valence-corrected chi connectivity index (χ3v) is 6.15. The molecule has 2 unspecified atom stereocenters. The van der Waals surface area contributed by atoms with Crippen LogP contribution in [-0.2, 0) is 9.53 Å². The number of para-hydroxylation sites is 1. The minimum atomic E-state index is -0.511. The van der Waals surface area contributed by atoms with Crippen molar-refractivity contribution in [1.29, 1.82) is 0 Å². The van der Waals surface area contributed by atoms with Crippen molar-refractivity contribution in [2.75, 3.05) is 19.7 Å². The second-order valence-corrected chi connectivity index (χ2v) is 9.32. The van der Waals surface area contributed by atoms with E-state index in [2.05, 4.69) is 29.8 Å². The molecule has 0 radical (unpaired) electrons. The van der Waals surface area contributed by atoms with E-state index in [1.165, 1.54) is 0 Å². The van der Waals surface area contributed by atoms with Crippen LogP contribution in [0.15, 0.2) is 59.1 Å². The second kappa shape index (κ2) is 9.18. The molecule has 1 amide bonds. The molecular weight excluding hydrogens is 456 g/mol. The van der Waals surface area contributed by atoms with Gasteiger partial charge in [-0.2, -0.15) is 0 Å². The number of hydrogen-bond donors (Lipinski definition) is 0. The Bertz CT molecular complexity index is 1100. The number of benzene rings is 2.